The number of anilines is 1. The first kappa shape index (κ1) is 11.1. The zero-order valence-electron chi connectivity index (χ0n) is 8.83. The van der Waals surface area contributed by atoms with Crippen molar-refractivity contribution in [1.29, 1.82) is 0 Å². The first-order chi connectivity index (χ1) is 7.13. The molecule has 1 aromatic carbocycles. The van der Waals surface area contributed by atoms with Crippen LogP contribution >= 0.6 is 0 Å². The summed E-state index contributed by atoms with van der Waals surface area (Å²) in [6.07, 6.45) is 0. The van der Waals surface area contributed by atoms with Gasteiger partial charge in [0.15, 0.2) is 0 Å². The molecule has 2 N–H and O–H groups in total. The first-order valence-corrected chi connectivity index (χ1v) is 4.68. The van der Waals surface area contributed by atoms with Crippen LogP contribution in [0.15, 0.2) is 18.2 Å². The fourth-order valence-corrected chi connectivity index (χ4v) is 1.04. The molecular weight excluding hydrogens is 190 g/mol. The second-order valence-corrected chi connectivity index (χ2v) is 3.04. The van der Waals surface area contributed by atoms with Gasteiger partial charge in [-0.1, -0.05) is 5.92 Å². The summed E-state index contributed by atoms with van der Waals surface area (Å²) in [7, 11) is 0. The maximum Gasteiger partial charge on any atom is 0.384 e. The van der Waals surface area contributed by atoms with Gasteiger partial charge >= 0.3 is 5.97 Å². The molecule has 0 spiro atoms. The second-order valence-electron chi connectivity index (χ2n) is 3.04. The summed E-state index contributed by atoms with van der Waals surface area (Å²) < 4.78 is 4.68. The van der Waals surface area contributed by atoms with Crippen LogP contribution in [0.2, 0.25) is 0 Å². The van der Waals surface area contributed by atoms with Gasteiger partial charge in [-0.25, -0.2) is 4.79 Å². The molecule has 15 heavy (non-hydrogen) atoms. The van der Waals surface area contributed by atoms with E-state index in [1.807, 2.05) is 13.0 Å². The molecule has 0 radical (unpaired) electrons. The van der Waals surface area contributed by atoms with E-state index >= 15 is 0 Å². The van der Waals surface area contributed by atoms with Gasteiger partial charge in [0.25, 0.3) is 0 Å². The van der Waals surface area contributed by atoms with E-state index in [2.05, 4.69) is 16.6 Å². The number of carbonyl (C=O) groups is 1. The third-order valence-electron chi connectivity index (χ3n) is 1.85. The molecular formula is C12H13NO2. The predicted octanol–water partition coefficient (Wildman–Crippen LogP) is 1.49. The van der Waals surface area contributed by atoms with Gasteiger partial charge in [-0.15, -0.1) is 0 Å². The maximum absolute atomic E-state index is 10.9. The molecule has 0 unspecified atom stereocenters. The third-order valence-corrected chi connectivity index (χ3v) is 1.85. The van der Waals surface area contributed by atoms with Gasteiger partial charge in [-0.2, -0.15) is 0 Å². The average molecular weight is 203 g/mol. The Kier molecular flexibility index (Phi) is 3.75. The van der Waals surface area contributed by atoms with Crippen molar-refractivity contribution in [2.45, 2.75) is 13.8 Å². The van der Waals surface area contributed by atoms with Crippen molar-refractivity contribution in [2.24, 2.45) is 0 Å². The number of carbonyl (C=O) groups excluding carboxylic acids is 1. The van der Waals surface area contributed by atoms with Crippen molar-refractivity contribution >= 4 is 11.7 Å². The number of nitrogens with two attached hydrogens (primary N) is 1. The largest absolute Gasteiger partial charge is 0.456 e. The number of hydrogen-bond donors (Lipinski definition) is 1. The highest BCUT2D eigenvalue weighted by atomic mass is 16.5. The molecule has 0 aliphatic heterocycles. The van der Waals surface area contributed by atoms with Crippen molar-refractivity contribution in [3.8, 4) is 11.8 Å². The fourth-order valence-electron chi connectivity index (χ4n) is 1.04. The van der Waals surface area contributed by atoms with Crippen LogP contribution in [-0.4, -0.2) is 12.6 Å². The average Bonchev–Trinajstić information content (AvgIpc) is 2.20. The third kappa shape index (κ3) is 3.35. The normalized spacial score (nSPS) is 8.93. The van der Waals surface area contributed by atoms with Crippen LogP contribution in [0.3, 0.4) is 0 Å². The van der Waals surface area contributed by atoms with Crippen molar-refractivity contribution in [1.82, 2.24) is 0 Å². The molecule has 3 heteroatoms. The number of rotatable bonds is 1. The SMILES string of the molecule is CCOC(=O)C#Cc1ccc(N)c(C)c1. The zero-order valence-corrected chi connectivity index (χ0v) is 8.83. The summed E-state index contributed by atoms with van der Waals surface area (Å²) in [5, 5.41) is 0. The van der Waals surface area contributed by atoms with Crippen LogP contribution in [0.5, 0.6) is 0 Å². The molecule has 1 aromatic rings. The van der Waals surface area contributed by atoms with Crippen LogP contribution in [0.25, 0.3) is 0 Å². The van der Waals surface area contributed by atoms with Gasteiger partial charge in [0, 0.05) is 17.2 Å². The number of hydrogen-bond acceptors (Lipinski definition) is 3. The number of nitrogen functional groups attached to an aromatic ring is 1. The Morgan fingerprint density at radius 3 is 2.87 bits per heavy atom. The summed E-state index contributed by atoms with van der Waals surface area (Å²) in [6.45, 7) is 3.98. The molecule has 0 aliphatic carbocycles. The van der Waals surface area contributed by atoms with E-state index in [4.69, 9.17) is 5.73 Å². The summed E-state index contributed by atoms with van der Waals surface area (Å²) >= 11 is 0. The highest BCUT2D eigenvalue weighted by molar-refractivity contribution is 5.89. The Hall–Kier alpha value is -1.95. The highest BCUT2D eigenvalue weighted by Crippen LogP contribution is 2.11. The molecule has 0 saturated heterocycles. The van der Waals surface area contributed by atoms with Gasteiger partial charge in [-0.3, -0.25) is 0 Å². The van der Waals surface area contributed by atoms with Crippen LogP contribution in [0.1, 0.15) is 18.1 Å². The van der Waals surface area contributed by atoms with Crippen LogP contribution < -0.4 is 5.73 Å². The van der Waals surface area contributed by atoms with E-state index in [0.29, 0.717) is 6.61 Å². The Bertz CT molecular complexity index is 427. The van der Waals surface area contributed by atoms with E-state index in [9.17, 15) is 4.79 Å². The van der Waals surface area contributed by atoms with E-state index in [-0.39, 0.29) is 0 Å². The topological polar surface area (TPSA) is 52.3 Å². The number of aryl methyl sites for hydroxylation is 1. The van der Waals surface area contributed by atoms with Crippen molar-refractivity contribution in [3.63, 3.8) is 0 Å². The van der Waals surface area contributed by atoms with E-state index < -0.39 is 5.97 Å². The molecule has 0 saturated carbocycles. The Morgan fingerprint density at radius 2 is 2.27 bits per heavy atom. The number of benzene rings is 1. The van der Waals surface area contributed by atoms with Crippen LogP contribution in [0.4, 0.5) is 5.69 Å². The van der Waals surface area contributed by atoms with Crippen molar-refractivity contribution in [2.75, 3.05) is 12.3 Å². The van der Waals surface area contributed by atoms with Gasteiger partial charge < -0.3 is 10.5 Å². The summed E-state index contributed by atoms with van der Waals surface area (Å²) in [5.74, 6) is 4.60. The molecule has 0 heterocycles. The first-order valence-electron chi connectivity index (χ1n) is 4.68. The van der Waals surface area contributed by atoms with Crippen LogP contribution in [0, 0.1) is 18.8 Å². The minimum atomic E-state index is -0.507. The summed E-state index contributed by atoms with van der Waals surface area (Å²) in [6, 6.07) is 5.38. The van der Waals surface area contributed by atoms with E-state index in [1.165, 1.54) is 0 Å². The molecule has 0 bridgehead atoms. The molecule has 0 aliphatic rings. The van der Waals surface area contributed by atoms with Crippen molar-refractivity contribution in [3.05, 3.63) is 29.3 Å². The monoisotopic (exact) mass is 203 g/mol. The molecule has 0 atom stereocenters. The standard InChI is InChI=1S/C12H13NO2/c1-3-15-12(14)7-5-10-4-6-11(13)9(2)8-10/h4,6,8H,3,13H2,1-2H3. The Morgan fingerprint density at radius 1 is 1.53 bits per heavy atom. The molecule has 1 rings (SSSR count). The minimum Gasteiger partial charge on any atom is -0.456 e. The molecule has 0 fully saturated rings. The lowest BCUT2D eigenvalue weighted by Gasteiger charge is -1.98. The second kappa shape index (κ2) is 5.06. The van der Waals surface area contributed by atoms with E-state index in [1.54, 1.807) is 19.1 Å². The number of esters is 1. The maximum atomic E-state index is 10.9. The van der Waals surface area contributed by atoms with E-state index in [0.717, 1.165) is 16.8 Å². The van der Waals surface area contributed by atoms with Crippen LogP contribution in [-0.2, 0) is 9.53 Å². The van der Waals surface area contributed by atoms with Gasteiger partial charge in [-0.05, 0) is 37.6 Å². The zero-order chi connectivity index (χ0) is 11.3. The lowest BCUT2D eigenvalue weighted by Crippen LogP contribution is -1.99. The fraction of sp³-hybridized carbons (Fsp3) is 0.250. The lowest BCUT2D eigenvalue weighted by molar-refractivity contribution is -0.136. The molecule has 78 valence electrons. The van der Waals surface area contributed by atoms with Gasteiger partial charge in [0.1, 0.15) is 0 Å². The van der Waals surface area contributed by atoms with Crippen molar-refractivity contribution < 1.29 is 9.53 Å². The molecule has 3 nitrogen and oxygen atoms in total. The number of ether oxygens (including phenoxy) is 1. The molecule has 0 aromatic heterocycles. The smallest absolute Gasteiger partial charge is 0.384 e. The minimum absolute atomic E-state index is 0.342. The summed E-state index contributed by atoms with van der Waals surface area (Å²) in [4.78, 5) is 10.9. The van der Waals surface area contributed by atoms with Gasteiger partial charge in [0.05, 0.1) is 6.61 Å². The molecule has 0 amide bonds. The Balaban J connectivity index is 2.80. The summed E-state index contributed by atoms with van der Waals surface area (Å²) in [5.41, 5.74) is 8.08. The Labute approximate surface area is 89.2 Å². The highest BCUT2D eigenvalue weighted by Gasteiger charge is 1.95. The quantitative estimate of drug-likeness (QED) is 0.427. The van der Waals surface area contributed by atoms with Gasteiger partial charge in [0.2, 0.25) is 0 Å². The lowest BCUT2D eigenvalue weighted by atomic mass is 10.1. The predicted molar refractivity (Wildman–Crippen MR) is 59.1 cm³/mol.